The lowest BCUT2D eigenvalue weighted by molar-refractivity contribution is 1.31. The monoisotopic (exact) mass is 692 g/mol. The highest BCUT2D eigenvalue weighted by atomic mass is 14.8. The number of hydrogen-bond acceptors (Lipinski definition) is 2. The number of aromatic nitrogens is 2. The first-order valence-electron chi connectivity index (χ1n) is 18.7. The molecule has 0 saturated heterocycles. The van der Waals surface area contributed by atoms with Crippen LogP contribution in [0.1, 0.15) is 22.3 Å². The maximum Gasteiger partial charge on any atom is 0.0978 e. The molecule has 2 heteroatoms. The molecule has 2 aromatic heterocycles. The summed E-state index contributed by atoms with van der Waals surface area (Å²) in [5.41, 5.74) is 20.4. The summed E-state index contributed by atoms with van der Waals surface area (Å²) in [5.74, 6) is 0. The fourth-order valence-electron chi connectivity index (χ4n) is 8.31. The average molecular weight is 693 g/mol. The Bertz CT molecular complexity index is 2630. The number of aryl methyl sites for hydroxylation is 2. The molecule has 9 aromatic rings. The predicted molar refractivity (Wildman–Crippen MR) is 229 cm³/mol. The van der Waals surface area contributed by atoms with E-state index >= 15 is 0 Å². The third-order valence-electron chi connectivity index (χ3n) is 11.0. The maximum absolute atomic E-state index is 5.59. The van der Waals surface area contributed by atoms with Gasteiger partial charge in [-0.15, -0.1) is 0 Å². The van der Waals surface area contributed by atoms with Crippen LogP contribution < -0.4 is 0 Å². The summed E-state index contributed by atoms with van der Waals surface area (Å²) in [7, 11) is 0. The molecule has 0 fully saturated rings. The van der Waals surface area contributed by atoms with Gasteiger partial charge in [-0.25, -0.2) is 9.97 Å². The third-order valence-corrected chi connectivity index (χ3v) is 11.0. The Balaban J connectivity index is 1.38. The van der Waals surface area contributed by atoms with E-state index in [0.29, 0.717) is 0 Å². The van der Waals surface area contributed by atoms with Gasteiger partial charge in [-0.1, -0.05) is 158 Å². The summed E-state index contributed by atoms with van der Waals surface area (Å²) in [6.45, 7) is 8.86. The molecular weight excluding hydrogens is 653 g/mol. The van der Waals surface area contributed by atoms with Crippen molar-refractivity contribution >= 4 is 21.8 Å². The predicted octanol–water partition coefficient (Wildman–Crippen LogP) is 14.0. The van der Waals surface area contributed by atoms with Crippen LogP contribution in [-0.2, 0) is 0 Å². The molecule has 0 amide bonds. The second-order valence-corrected chi connectivity index (χ2v) is 14.3. The van der Waals surface area contributed by atoms with E-state index in [1.165, 1.54) is 44.5 Å². The Morgan fingerprint density at radius 1 is 0.315 bits per heavy atom. The molecule has 9 rings (SSSR count). The molecule has 0 saturated carbocycles. The van der Waals surface area contributed by atoms with Crippen LogP contribution in [0.5, 0.6) is 0 Å². The zero-order valence-corrected chi connectivity index (χ0v) is 31.1. The molecule has 0 radical (unpaired) electrons. The smallest absolute Gasteiger partial charge is 0.0978 e. The van der Waals surface area contributed by atoms with Crippen molar-refractivity contribution in [1.29, 1.82) is 0 Å². The molecule has 258 valence electrons. The average Bonchev–Trinajstić information content (AvgIpc) is 3.21. The molecule has 0 N–H and O–H groups in total. The van der Waals surface area contributed by atoms with E-state index in [-0.39, 0.29) is 0 Å². The normalized spacial score (nSPS) is 11.3. The van der Waals surface area contributed by atoms with Crippen LogP contribution in [0.4, 0.5) is 0 Å². The minimum atomic E-state index is 0.900. The van der Waals surface area contributed by atoms with Crippen molar-refractivity contribution in [2.75, 3.05) is 0 Å². The van der Waals surface area contributed by atoms with Crippen LogP contribution in [0.15, 0.2) is 170 Å². The topological polar surface area (TPSA) is 25.8 Å². The van der Waals surface area contributed by atoms with Gasteiger partial charge >= 0.3 is 0 Å². The van der Waals surface area contributed by atoms with Gasteiger partial charge in [0.1, 0.15) is 0 Å². The van der Waals surface area contributed by atoms with E-state index in [2.05, 4.69) is 198 Å². The fraction of sp³-hybridized carbons (Fsp3) is 0.0769. The van der Waals surface area contributed by atoms with Gasteiger partial charge in [0.15, 0.2) is 0 Å². The quantitative estimate of drug-likeness (QED) is 0.162. The van der Waals surface area contributed by atoms with Crippen molar-refractivity contribution in [3.8, 4) is 67.0 Å². The number of fused-ring (bicyclic) bond motifs is 3. The molecule has 0 unspecified atom stereocenters. The molecule has 7 aromatic carbocycles. The molecule has 0 spiro atoms. The van der Waals surface area contributed by atoms with E-state index in [0.717, 1.165) is 66.6 Å². The lowest BCUT2D eigenvalue weighted by Crippen LogP contribution is -1.99. The summed E-state index contributed by atoms with van der Waals surface area (Å²) in [6.07, 6.45) is 0. The van der Waals surface area contributed by atoms with Gasteiger partial charge in [0.25, 0.3) is 0 Å². The minimum Gasteiger partial charge on any atom is -0.245 e. The Hall–Kier alpha value is -6.64. The second kappa shape index (κ2) is 13.7. The van der Waals surface area contributed by atoms with Gasteiger partial charge in [0, 0.05) is 21.9 Å². The van der Waals surface area contributed by atoms with Gasteiger partial charge in [-0.2, -0.15) is 0 Å². The van der Waals surface area contributed by atoms with Crippen molar-refractivity contribution in [1.82, 2.24) is 9.97 Å². The van der Waals surface area contributed by atoms with Gasteiger partial charge in [0.2, 0.25) is 0 Å². The summed E-state index contributed by atoms with van der Waals surface area (Å²) >= 11 is 0. The Labute approximate surface area is 317 Å². The van der Waals surface area contributed by atoms with Gasteiger partial charge in [-0.3, -0.25) is 0 Å². The van der Waals surface area contributed by atoms with Crippen LogP contribution >= 0.6 is 0 Å². The van der Waals surface area contributed by atoms with E-state index in [9.17, 15) is 0 Å². The zero-order valence-electron chi connectivity index (χ0n) is 31.1. The summed E-state index contributed by atoms with van der Waals surface area (Å²) in [6, 6.07) is 60.7. The van der Waals surface area contributed by atoms with E-state index in [4.69, 9.17) is 9.97 Å². The minimum absolute atomic E-state index is 0.900. The number of hydrogen-bond donors (Lipinski definition) is 0. The second-order valence-electron chi connectivity index (χ2n) is 14.3. The molecule has 0 aliphatic rings. The van der Waals surface area contributed by atoms with Crippen LogP contribution in [0.25, 0.3) is 88.8 Å². The summed E-state index contributed by atoms with van der Waals surface area (Å²) < 4.78 is 0. The van der Waals surface area contributed by atoms with E-state index < -0.39 is 0 Å². The Morgan fingerprint density at radius 2 is 0.648 bits per heavy atom. The first-order chi connectivity index (χ1) is 26.5. The summed E-state index contributed by atoms with van der Waals surface area (Å²) in [4.78, 5) is 11.2. The van der Waals surface area contributed by atoms with Crippen LogP contribution in [0.3, 0.4) is 0 Å². The first-order valence-corrected chi connectivity index (χ1v) is 18.7. The Kier molecular flexibility index (Phi) is 8.44. The molecule has 2 heterocycles. The Morgan fingerprint density at radius 3 is 1.00 bits per heavy atom. The highest BCUT2D eigenvalue weighted by Gasteiger charge is 2.20. The number of pyridine rings is 2. The number of rotatable bonds is 6. The lowest BCUT2D eigenvalue weighted by Gasteiger charge is -2.19. The van der Waals surface area contributed by atoms with Crippen molar-refractivity contribution in [2.45, 2.75) is 27.7 Å². The van der Waals surface area contributed by atoms with E-state index in [1.54, 1.807) is 0 Å². The summed E-state index contributed by atoms with van der Waals surface area (Å²) in [5, 5.41) is 2.17. The maximum atomic E-state index is 5.59. The van der Waals surface area contributed by atoms with E-state index in [1.807, 2.05) is 0 Å². The largest absolute Gasteiger partial charge is 0.245 e. The fourth-order valence-corrected chi connectivity index (χ4v) is 8.31. The number of benzene rings is 7. The molecule has 0 aliphatic carbocycles. The first kappa shape index (κ1) is 33.2. The highest BCUT2D eigenvalue weighted by molar-refractivity contribution is 6.13. The van der Waals surface area contributed by atoms with Crippen molar-refractivity contribution in [3.63, 3.8) is 0 Å². The van der Waals surface area contributed by atoms with Crippen LogP contribution in [0.2, 0.25) is 0 Å². The molecule has 0 bridgehead atoms. The third kappa shape index (κ3) is 5.77. The van der Waals surface area contributed by atoms with Gasteiger partial charge in [-0.05, 0) is 107 Å². The zero-order chi connectivity index (χ0) is 36.8. The van der Waals surface area contributed by atoms with Crippen molar-refractivity contribution < 1.29 is 0 Å². The van der Waals surface area contributed by atoms with Gasteiger partial charge < -0.3 is 0 Å². The molecular formula is C52H40N2. The lowest BCUT2D eigenvalue weighted by atomic mass is 9.89. The molecule has 54 heavy (non-hydrogen) atoms. The van der Waals surface area contributed by atoms with Gasteiger partial charge in [0.05, 0.1) is 22.4 Å². The van der Waals surface area contributed by atoms with Crippen LogP contribution in [-0.4, -0.2) is 9.97 Å². The SMILES string of the molecule is Cc1ccc(-c2cc(-c3ccccc3)c3ccc4c(-c5ccccc5)cc(-c5ccc(C)c(-c6ccccc6)c5C)nc4c3n2)c(C)c1-c1ccccc1. The van der Waals surface area contributed by atoms with Crippen molar-refractivity contribution in [2.24, 2.45) is 0 Å². The van der Waals surface area contributed by atoms with Crippen molar-refractivity contribution in [3.05, 3.63) is 192 Å². The number of nitrogens with zero attached hydrogens (tertiary/aromatic N) is 2. The molecule has 2 nitrogen and oxygen atoms in total. The highest BCUT2D eigenvalue weighted by Crippen LogP contribution is 2.42. The standard InChI is InChI=1S/C52H40N2/c1-33-25-27-41(35(3)49(33)39-21-13-7-14-22-39)47-31-45(37-17-9-5-10-18-37)43-29-30-44-46(38-19-11-6-12-20-38)32-48(54-52(44)51(43)53-47)42-28-26-34(2)50(36(42)4)40-23-15-8-16-24-40/h5-32H,1-4H3. The molecule has 0 aliphatic heterocycles. The van der Waals surface area contributed by atoms with Crippen LogP contribution in [0, 0.1) is 27.7 Å². The molecule has 0 atom stereocenters.